The number of aliphatic carboxylic acids is 1. The molecule has 0 saturated carbocycles. The molecule has 1 aromatic carbocycles. The molecule has 7 nitrogen and oxygen atoms in total. The minimum absolute atomic E-state index is 0.222. The lowest BCUT2D eigenvalue weighted by molar-refractivity contribution is -0.147. The molecule has 1 atom stereocenters. The van der Waals surface area contributed by atoms with Gasteiger partial charge in [0.05, 0.1) is 19.6 Å². The number of benzene rings is 1. The number of urea groups is 1. The van der Waals surface area contributed by atoms with Crippen molar-refractivity contribution in [2.24, 2.45) is 5.41 Å². The average molecular weight is 322 g/mol. The van der Waals surface area contributed by atoms with E-state index in [4.69, 9.17) is 9.47 Å². The molecule has 1 aliphatic rings. The van der Waals surface area contributed by atoms with Gasteiger partial charge in [-0.3, -0.25) is 4.79 Å². The summed E-state index contributed by atoms with van der Waals surface area (Å²) in [6.07, 6.45) is 0.464. The Bertz CT molecular complexity index is 604. The van der Waals surface area contributed by atoms with Crippen LogP contribution in [0.15, 0.2) is 18.2 Å². The summed E-state index contributed by atoms with van der Waals surface area (Å²) >= 11 is 0. The van der Waals surface area contributed by atoms with E-state index in [-0.39, 0.29) is 12.6 Å². The van der Waals surface area contributed by atoms with E-state index in [9.17, 15) is 14.7 Å². The van der Waals surface area contributed by atoms with Crippen LogP contribution in [-0.2, 0) is 11.3 Å². The fourth-order valence-corrected chi connectivity index (χ4v) is 2.59. The molecule has 1 heterocycles. The minimum Gasteiger partial charge on any atom is -0.493 e. The van der Waals surface area contributed by atoms with Crippen LogP contribution in [0.5, 0.6) is 11.5 Å². The fourth-order valence-electron chi connectivity index (χ4n) is 2.59. The number of hydrogen-bond acceptors (Lipinski definition) is 4. The number of likely N-dealkylation sites (tertiary alicyclic amines) is 1. The van der Waals surface area contributed by atoms with E-state index < -0.39 is 11.4 Å². The molecule has 0 radical (unpaired) electrons. The highest BCUT2D eigenvalue weighted by Gasteiger charge is 2.42. The third-order valence-electron chi connectivity index (χ3n) is 4.17. The van der Waals surface area contributed by atoms with Crippen molar-refractivity contribution in [2.75, 3.05) is 27.3 Å². The van der Waals surface area contributed by atoms with Crippen molar-refractivity contribution in [2.45, 2.75) is 19.9 Å². The largest absolute Gasteiger partial charge is 0.493 e. The lowest BCUT2D eigenvalue weighted by atomic mass is 9.90. The Labute approximate surface area is 135 Å². The van der Waals surface area contributed by atoms with Gasteiger partial charge in [-0.25, -0.2) is 4.79 Å². The van der Waals surface area contributed by atoms with Gasteiger partial charge < -0.3 is 24.8 Å². The van der Waals surface area contributed by atoms with Crippen molar-refractivity contribution in [3.63, 3.8) is 0 Å². The van der Waals surface area contributed by atoms with E-state index in [1.807, 2.05) is 6.07 Å². The van der Waals surface area contributed by atoms with Crippen LogP contribution in [0.2, 0.25) is 0 Å². The molecule has 1 fully saturated rings. The third-order valence-corrected chi connectivity index (χ3v) is 4.17. The molecule has 0 aliphatic carbocycles. The summed E-state index contributed by atoms with van der Waals surface area (Å²) < 4.78 is 10.4. The molecule has 0 spiro atoms. The van der Waals surface area contributed by atoms with E-state index in [2.05, 4.69) is 5.32 Å². The molecule has 0 aromatic heterocycles. The van der Waals surface area contributed by atoms with Crippen molar-refractivity contribution in [1.29, 1.82) is 0 Å². The molecular formula is C16H22N2O5. The number of hydrogen-bond donors (Lipinski definition) is 2. The lowest BCUT2D eigenvalue weighted by Gasteiger charge is -2.20. The molecule has 0 bridgehead atoms. The maximum atomic E-state index is 12.2. The third kappa shape index (κ3) is 3.67. The maximum Gasteiger partial charge on any atom is 0.317 e. The highest BCUT2D eigenvalue weighted by atomic mass is 16.5. The number of carbonyl (C=O) groups is 2. The zero-order chi connectivity index (χ0) is 17.0. The molecule has 1 saturated heterocycles. The SMILES string of the molecule is COc1ccc(CNC(=O)N2CCC(C)(C(=O)O)C2)cc1OC. The van der Waals surface area contributed by atoms with E-state index in [0.717, 1.165) is 5.56 Å². The zero-order valence-corrected chi connectivity index (χ0v) is 13.6. The first-order valence-electron chi connectivity index (χ1n) is 7.36. The lowest BCUT2D eigenvalue weighted by Crippen LogP contribution is -2.40. The molecule has 1 unspecified atom stereocenters. The molecule has 126 valence electrons. The number of ether oxygens (including phenoxy) is 2. The number of carbonyl (C=O) groups excluding carboxylic acids is 1. The van der Waals surface area contributed by atoms with Gasteiger partial charge >= 0.3 is 12.0 Å². The predicted octanol–water partition coefficient (Wildman–Crippen LogP) is 1.71. The van der Waals surface area contributed by atoms with Crippen molar-refractivity contribution >= 4 is 12.0 Å². The van der Waals surface area contributed by atoms with Crippen LogP contribution in [-0.4, -0.2) is 49.3 Å². The first kappa shape index (κ1) is 16.9. The van der Waals surface area contributed by atoms with Crippen molar-refractivity contribution in [3.8, 4) is 11.5 Å². The van der Waals surface area contributed by atoms with E-state index in [1.165, 1.54) is 4.90 Å². The van der Waals surface area contributed by atoms with Crippen LogP contribution >= 0.6 is 0 Å². The number of carboxylic acid groups (broad SMARTS) is 1. The van der Waals surface area contributed by atoms with Gasteiger partial charge in [-0.05, 0) is 31.0 Å². The van der Waals surface area contributed by atoms with Crippen LogP contribution in [0.3, 0.4) is 0 Å². The van der Waals surface area contributed by atoms with Crippen molar-refractivity contribution in [3.05, 3.63) is 23.8 Å². The second-order valence-corrected chi connectivity index (χ2v) is 5.89. The fraction of sp³-hybridized carbons (Fsp3) is 0.500. The first-order chi connectivity index (χ1) is 10.9. The summed E-state index contributed by atoms with van der Waals surface area (Å²) in [5, 5.41) is 12.0. The molecule has 1 aromatic rings. The van der Waals surface area contributed by atoms with Crippen molar-refractivity contribution in [1.82, 2.24) is 10.2 Å². The molecule has 2 amide bonds. The van der Waals surface area contributed by atoms with Crippen LogP contribution in [0.1, 0.15) is 18.9 Å². The van der Waals surface area contributed by atoms with Gasteiger partial charge in [-0.15, -0.1) is 0 Å². The normalized spacial score (nSPS) is 20.2. The number of nitrogens with one attached hydrogen (secondary N) is 1. The second-order valence-electron chi connectivity index (χ2n) is 5.89. The molecule has 2 rings (SSSR count). The number of amides is 2. The Balaban J connectivity index is 1.94. The molecule has 2 N–H and O–H groups in total. The Morgan fingerprint density at radius 1 is 1.30 bits per heavy atom. The predicted molar refractivity (Wildman–Crippen MR) is 83.7 cm³/mol. The van der Waals surface area contributed by atoms with Crippen molar-refractivity contribution < 1.29 is 24.2 Å². The Morgan fingerprint density at radius 3 is 2.57 bits per heavy atom. The Hall–Kier alpha value is -2.44. The topological polar surface area (TPSA) is 88.1 Å². The molecule has 23 heavy (non-hydrogen) atoms. The number of methoxy groups -OCH3 is 2. The quantitative estimate of drug-likeness (QED) is 0.861. The number of carboxylic acids is 1. The first-order valence-corrected chi connectivity index (χ1v) is 7.36. The van der Waals surface area contributed by atoms with Crippen LogP contribution < -0.4 is 14.8 Å². The summed E-state index contributed by atoms with van der Waals surface area (Å²) in [5.74, 6) is 0.353. The second kappa shape index (κ2) is 6.76. The van der Waals surface area contributed by atoms with Gasteiger partial charge in [-0.1, -0.05) is 6.07 Å². The van der Waals surface area contributed by atoms with Gasteiger partial charge in [-0.2, -0.15) is 0 Å². The summed E-state index contributed by atoms with van der Waals surface area (Å²) in [6.45, 7) is 2.66. The Morgan fingerprint density at radius 2 is 2.00 bits per heavy atom. The zero-order valence-electron chi connectivity index (χ0n) is 13.6. The summed E-state index contributed by atoms with van der Waals surface area (Å²) in [4.78, 5) is 24.9. The van der Waals surface area contributed by atoms with Gasteiger partial charge in [0.25, 0.3) is 0 Å². The highest BCUT2D eigenvalue weighted by molar-refractivity contribution is 5.79. The van der Waals surface area contributed by atoms with Gasteiger partial charge in [0.1, 0.15) is 0 Å². The summed E-state index contributed by atoms with van der Waals surface area (Å²) in [6, 6.07) is 5.15. The van der Waals surface area contributed by atoms with E-state index in [0.29, 0.717) is 31.0 Å². The van der Waals surface area contributed by atoms with Crippen LogP contribution in [0, 0.1) is 5.41 Å². The molecular weight excluding hydrogens is 300 g/mol. The standard InChI is InChI=1S/C16H22N2O5/c1-16(14(19)20)6-7-18(10-16)15(21)17-9-11-4-5-12(22-2)13(8-11)23-3/h4-5,8H,6-7,9-10H2,1-3H3,(H,17,21)(H,19,20). The van der Waals surface area contributed by atoms with E-state index >= 15 is 0 Å². The minimum atomic E-state index is -0.868. The van der Waals surface area contributed by atoms with E-state index in [1.54, 1.807) is 33.3 Å². The Kier molecular flexibility index (Phi) is 4.98. The number of nitrogens with zero attached hydrogens (tertiary/aromatic N) is 1. The monoisotopic (exact) mass is 322 g/mol. The van der Waals surface area contributed by atoms with Crippen LogP contribution in [0.4, 0.5) is 4.79 Å². The summed E-state index contributed by atoms with van der Waals surface area (Å²) in [5.41, 5.74) is 0.0110. The molecule has 7 heteroatoms. The number of rotatable bonds is 5. The summed E-state index contributed by atoms with van der Waals surface area (Å²) in [7, 11) is 3.11. The molecule has 1 aliphatic heterocycles. The maximum absolute atomic E-state index is 12.2. The average Bonchev–Trinajstić information content (AvgIpc) is 2.96. The smallest absolute Gasteiger partial charge is 0.317 e. The highest BCUT2D eigenvalue weighted by Crippen LogP contribution is 2.30. The van der Waals surface area contributed by atoms with Gasteiger partial charge in [0.15, 0.2) is 11.5 Å². The van der Waals surface area contributed by atoms with Gasteiger partial charge in [0.2, 0.25) is 0 Å². The van der Waals surface area contributed by atoms with Crippen LogP contribution in [0.25, 0.3) is 0 Å². The van der Waals surface area contributed by atoms with Gasteiger partial charge in [0, 0.05) is 19.6 Å².